The summed E-state index contributed by atoms with van der Waals surface area (Å²) in [5.74, 6) is 0.341. The smallest absolute Gasteiger partial charge is 0.373 e. The highest BCUT2D eigenvalue weighted by Crippen LogP contribution is 2.23. The van der Waals surface area contributed by atoms with Crippen LogP contribution in [0.2, 0.25) is 6.82 Å². The molecule has 1 fully saturated rings. The standard InChI is InChI=1S/C8H18BNO2/c1-9(12)10-8-5-3-2-4-7(8)6-11/h7-8,10-12H,2-6H2,1H3/t7-,8+/m0/s1. The van der Waals surface area contributed by atoms with E-state index >= 15 is 0 Å². The van der Waals surface area contributed by atoms with Crippen molar-refractivity contribution in [2.24, 2.45) is 5.92 Å². The van der Waals surface area contributed by atoms with Gasteiger partial charge in [-0.3, -0.25) is 0 Å². The highest BCUT2D eigenvalue weighted by atomic mass is 16.3. The molecule has 0 aromatic heterocycles. The predicted molar refractivity (Wildman–Crippen MR) is 49.8 cm³/mol. The topological polar surface area (TPSA) is 52.5 Å². The average molecular weight is 171 g/mol. The second-order valence-corrected chi connectivity index (χ2v) is 3.68. The van der Waals surface area contributed by atoms with Crippen molar-refractivity contribution in [2.75, 3.05) is 6.61 Å². The zero-order valence-corrected chi connectivity index (χ0v) is 7.66. The van der Waals surface area contributed by atoms with Gasteiger partial charge in [0.1, 0.15) is 0 Å². The van der Waals surface area contributed by atoms with E-state index in [1.807, 2.05) is 0 Å². The van der Waals surface area contributed by atoms with Crippen LogP contribution in [-0.2, 0) is 0 Å². The minimum absolute atomic E-state index is 0.240. The Kier molecular flexibility index (Phi) is 4.05. The Labute approximate surface area is 74.3 Å². The van der Waals surface area contributed by atoms with Crippen molar-refractivity contribution in [3.05, 3.63) is 0 Å². The average Bonchev–Trinajstić information content (AvgIpc) is 2.04. The molecule has 0 aromatic carbocycles. The minimum Gasteiger partial charge on any atom is -0.437 e. The van der Waals surface area contributed by atoms with Crippen LogP contribution >= 0.6 is 0 Å². The summed E-state index contributed by atoms with van der Waals surface area (Å²) in [5, 5.41) is 21.3. The third kappa shape index (κ3) is 2.77. The van der Waals surface area contributed by atoms with Gasteiger partial charge >= 0.3 is 7.05 Å². The van der Waals surface area contributed by atoms with Crippen LogP contribution in [0.1, 0.15) is 25.7 Å². The van der Waals surface area contributed by atoms with Gasteiger partial charge in [-0.05, 0) is 25.6 Å². The number of hydrogen-bond acceptors (Lipinski definition) is 3. The molecule has 1 aliphatic rings. The van der Waals surface area contributed by atoms with Gasteiger partial charge < -0.3 is 15.4 Å². The van der Waals surface area contributed by atoms with E-state index in [1.54, 1.807) is 6.82 Å². The van der Waals surface area contributed by atoms with E-state index < -0.39 is 7.05 Å². The molecule has 1 rings (SSSR count). The van der Waals surface area contributed by atoms with Crippen LogP contribution in [0.5, 0.6) is 0 Å². The van der Waals surface area contributed by atoms with Crippen LogP contribution < -0.4 is 5.23 Å². The summed E-state index contributed by atoms with van der Waals surface area (Å²) < 4.78 is 0. The molecule has 4 heteroatoms. The first-order valence-electron chi connectivity index (χ1n) is 4.79. The largest absolute Gasteiger partial charge is 0.437 e. The summed E-state index contributed by atoms with van der Waals surface area (Å²) >= 11 is 0. The summed E-state index contributed by atoms with van der Waals surface area (Å²) in [4.78, 5) is 0. The van der Waals surface area contributed by atoms with Gasteiger partial charge in [-0.25, -0.2) is 0 Å². The molecule has 0 spiro atoms. The molecule has 1 aliphatic carbocycles. The molecule has 0 radical (unpaired) electrons. The van der Waals surface area contributed by atoms with Gasteiger partial charge in [0.15, 0.2) is 0 Å². The summed E-state index contributed by atoms with van der Waals surface area (Å²) in [6.45, 7) is 1.97. The van der Waals surface area contributed by atoms with Gasteiger partial charge in [0.2, 0.25) is 0 Å². The Bertz CT molecular complexity index is 132. The fraction of sp³-hybridized carbons (Fsp3) is 1.00. The molecule has 0 saturated heterocycles. The van der Waals surface area contributed by atoms with E-state index in [0.717, 1.165) is 12.8 Å². The monoisotopic (exact) mass is 171 g/mol. The van der Waals surface area contributed by atoms with Crippen LogP contribution in [0.15, 0.2) is 0 Å². The van der Waals surface area contributed by atoms with Crippen molar-refractivity contribution in [1.29, 1.82) is 0 Å². The first-order chi connectivity index (χ1) is 5.74. The van der Waals surface area contributed by atoms with Crippen LogP contribution in [0.3, 0.4) is 0 Å². The first kappa shape index (κ1) is 10.0. The predicted octanol–water partition coefficient (Wildman–Crippen LogP) is 0.237. The fourth-order valence-electron chi connectivity index (χ4n) is 1.96. The van der Waals surface area contributed by atoms with Crippen molar-refractivity contribution in [3.8, 4) is 0 Å². The van der Waals surface area contributed by atoms with Gasteiger partial charge in [-0.2, -0.15) is 0 Å². The van der Waals surface area contributed by atoms with E-state index in [4.69, 9.17) is 10.1 Å². The number of hydrogen-bond donors (Lipinski definition) is 3. The Balaban J connectivity index is 2.36. The SMILES string of the molecule is CB(O)N[C@@H]1CCCC[C@H]1CO. The lowest BCUT2D eigenvalue weighted by Gasteiger charge is -2.31. The summed E-state index contributed by atoms with van der Waals surface area (Å²) in [6.07, 6.45) is 4.58. The lowest BCUT2D eigenvalue weighted by atomic mass is 9.79. The summed E-state index contributed by atoms with van der Waals surface area (Å²) in [5.41, 5.74) is 0. The summed E-state index contributed by atoms with van der Waals surface area (Å²) in [7, 11) is -0.456. The molecule has 0 bridgehead atoms. The Morgan fingerprint density at radius 1 is 1.42 bits per heavy atom. The second-order valence-electron chi connectivity index (χ2n) is 3.68. The van der Waals surface area contributed by atoms with Gasteiger partial charge in [0, 0.05) is 12.6 Å². The Hall–Kier alpha value is -0.0551. The molecule has 3 nitrogen and oxygen atoms in total. The third-order valence-electron chi connectivity index (χ3n) is 2.60. The minimum atomic E-state index is -0.456. The molecular weight excluding hydrogens is 153 g/mol. The fourth-order valence-corrected chi connectivity index (χ4v) is 1.96. The lowest BCUT2D eigenvalue weighted by Crippen LogP contribution is -2.46. The Morgan fingerprint density at radius 2 is 2.08 bits per heavy atom. The normalized spacial score (nSPS) is 30.2. The first-order valence-corrected chi connectivity index (χ1v) is 4.79. The van der Waals surface area contributed by atoms with E-state index in [2.05, 4.69) is 5.23 Å². The van der Waals surface area contributed by atoms with Gasteiger partial charge in [-0.15, -0.1) is 0 Å². The van der Waals surface area contributed by atoms with Gasteiger partial charge in [-0.1, -0.05) is 12.8 Å². The van der Waals surface area contributed by atoms with Crippen molar-refractivity contribution < 1.29 is 10.1 Å². The molecule has 3 N–H and O–H groups in total. The number of rotatable bonds is 3. The highest BCUT2D eigenvalue weighted by molar-refractivity contribution is 6.45. The zero-order chi connectivity index (χ0) is 8.97. The second kappa shape index (κ2) is 4.85. The molecule has 70 valence electrons. The lowest BCUT2D eigenvalue weighted by molar-refractivity contribution is 0.162. The zero-order valence-electron chi connectivity index (χ0n) is 7.66. The van der Waals surface area contributed by atoms with Crippen molar-refractivity contribution in [2.45, 2.75) is 38.5 Å². The van der Waals surface area contributed by atoms with E-state index in [0.29, 0.717) is 12.0 Å². The maximum atomic E-state index is 9.13. The van der Waals surface area contributed by atoms with Crippen LogP contribution in [-0.4, -0.2) is 29.8 Å². The molecular formula is C8H18BNO2. The van der Waals surface area contributed by atoms with Crippen molar-refractivity contribution in [3.63, 3.8) is 0 Å². The van der Waals surface area contributed by atoms with Gasteiger partial charge in [0.05, 0.1) is 0 Å². The van der Waals surface area contributed by atoms with E-state index in [9.17, 15) is 0 Å². The molecule has 0 amide bonds. The van der Waals surface area contributed by atoms with E-state index in [-0.39, 0.29) is 6.61 Å². The Morgan fingerprint density at radius 3 is 2.67 bits per heavy atom. The van der Waals surface area contributed by atoms with E-state index in [1.165, 1.54) is 12.8 Å². The maximum Gasteiger partial charge on any atom is 0.373 e. The summed E-state index contributed by atoms with van der Waals surface area (Å²) in [6, 6.07) is 0.309. The number of aliphatic hydroxyl groups is 1. The molecule has 2 atom stereocenters. The van der Waals surface area contributed by atoms with Crippen LogP contribution in [0, 0.1) is 5.92 Å². The van der Waals surface area contributed by atoms with Crippen molar-refractivity contribution >= 4 is 7.05 Å². The third-order valence-corrected chi connectivity index (χ3v) is 2.60. The molecule has 0 unspecified atom stereocenters. The molecule has 0 aliphatic heterocycles. The molecule has 0 aromatic rings. The van der Waals surface area contributed by atoms with Crippen LogP contribution in [0.25, 0.3) is 0 Å². The van der Waals surface area contributed by atoms with Gasteiger partial charge in [0.25, 0.3) is 0 Å². The quantitative estimate of drug-likeness (QED) is 0.533. The maximum absolute atomic E-state index is 9.13. The number of aliphatic hydroxyl groups excluding tert-OH is 1. The number of nitrogens with one attached hydrogen (secondary N) is 1. The van der Waals surface area contributed by atoms with Crippen LogP contribution in [0.4, 0.5) is 0 Å². The highest BCUT2D eigenvalue weighted by Gasteiger charge is 2.25. The van der Waals surface area contributed by atoms with Crippen molar-refractivity contribution in [1.82, 2.24) is 5.23 Å². The molecule has 1 saturated carbocycles. The molecule has 0 heterocycles. The molecule has 12 heavy (non-hydrogen) atoms.